The van der Waals surface area contributed by atoms with Crippen LogP contribution in [0.2, 0.25) is 0 Å². The van der Waals surface area contributed by atoms with Crippen molar-refractivity contribution in [3.63, 3.8) is 0 Å². The van der Waals surface area contributed by atoms with Gasteiger partial charge in [-0.15, -0.1) is 0 Å². The summed E-state index contributed by atoms with van der Waals surface area (Å²) in [5.41, 5.74) is 6.09. The van der Waals surface area contributed by atoms with Crippen LogP contribution in [0.15, 0.2) is 36.9 Å². The molecule has 0 spiro atoms. The molecule has 3 aliphatic rings. The number of anilines is 1. The zero-order valence-electron chi connectivity index (χ0n) is 20.2. The van der Waals surface area contributed by atoms with Crippen LogP contribution in [0.3, 0.4) is 0 Å². The van der Waals surface area contributed by atoms with Crippen LogP contribution in [-0.2, 0) is 0 Å². The van der Waals surface area contributed by atoms with Crippen molar-refractivity contribution in [3.8, 4) is 11.4 Å². The summed E-state index contributed by atoms with van der Waals surface area (Å²) in [6.07, 6.45) is 12.9. The van der Waals surface area contributed by atoms with Gasteiger partial charge in [0, 0.05) is 25.0 Å². The van der Waals surface area contributed by atoms with Crippen molar-refractivity contribution >= 4 is 23.1 Å². The number of hydrazine groups is 1. The van der Waals surface area contributed by atoms with E-state index in [2.05, 4.69) is 31.4 Å². The molecule has 0 radical (unpaired) electrons. The Labute approximate surface area is 211 Å². The summed E-state index contributed by atoms with van der Waals surface area (Å²) in [6, 6.07) is 4.17. The van der Waals surface area contributed by atoms with Crippen LogP contribution in [-0.4, -0.2) is 65.2 Å². The topological polar surface area (TPSA) is 139 Å². The van der Waals surface area contributed by atoms with E-state index >= 15 is 0 Å². The molecule has 4 aromatic rings. The molecule has 1 saturated heterocycles. The van der Waals surface area contributed by atoms with Crippen LogP contribution >= 0.6 is 0 Å². The minimum Gasteiger partial charge on any atom is -0.348 e. The Kier molecular flexibility index (Phi) is 5.16. The van der Waals surface area contributed by atoms with Crippen molar-refractivity contribution in [2.45, 2.75) is 50.6 Å². The van der Waals surface area contributed by atoms with E-state index in [1.54, 1.807) is 32.6 Å². The van der Waals surface area contributed by atoms with E-state index in [9.17, 15) is 9.59 Å². The number of rotatable bonds is 7. The van der Waals surface area contributed by atoms with E-state index in [1.807, 2.05) is 17.3 Å². The molecule has 3 N–H and O–H groups in total. The Morgan fingerprint density at radius 1 is 1.05 bits per heavy atom. The molecule has 0 aromatic carbocycles. The fourth-order valence-corrected chi connectivity index (χ4v) is 4.69. The van der Waals surface area contributed by atoms with Crippen molar-refractivity contribution in [1.82, 2.24) is 45.0 Å². The Morgan fingerprint density at radius 3 is 2.70 bits per heavy atom. The number of nitrogens with one attached hydrogen (secondary N) is 3. The summed E-state index contributed by atoms with van der Waals surface area (Å²) >= 11 is 0. The second-order valence-corrected chi connectivity index (χ2v) is 9.79. The molecule has 13 nitrogen and oxygen atoms in total. The number of hydrogen-bond donors (Lipinski definition) is 3. The number of nitrogens with zero attached hydrogens (tertiary/aromatic N) is 8. The van der Waals surface area contributed by atoms with Crippen molar-refractivity contribution in [2.24, 2.45) is 0 Å². The Hall–Kier alpha value is -4.26. The molecule has 5 heterocycles. The smallest absolute Gasteiger partial charge is 0.274 e. The second-order valence-electron chi connectivity index (χ2n) is 9.79. The first-order valence-corrected chi connectivity index (χ1v) is 12.8. The van der Waals surface area contributed by atoms with Crippen LogP contribution in [0.25, 0.3) is 17.0 Å². The minimum atomic E-state index is -0.400. The molecular formula is C24H27N11O2. The predicted molar refractivity (Wildman–Crippen MR) is 133 cm³/mol. The monoisotopic (exact) mass is 501 g/mol. The maximum Gasteiger partial charge on any atom is 0.274 e. The second kappa shape index (κ2) is 8.69. The van der Waals surface area contributed by atoms with Gasteiger partial charge < -0.3 is 10.6 Å². The van der Waals surface area contributed by atoms with Crippen LogP contribution in [0.1, 0.15) is 65.4 Å². The normalized spacial score (nSPS) is 17.8. The SMILES string of the molecule is O=C(NC1CC1)c1nn(C2CCC2)cc1NC(=O)c1cnn2ccc(-c3ccnn3N3CCCN3)nc12. The molecule has 190 valence electrons. The number of carbonyl (C=O) groups excluding carboxylic acids is 2. The van der Waals surface area contributed by atoms with E-state index in [-0.39, 0.29) is 23.7 Å². The van der Waals surface area contributed by atoms with Gasteiger partial charge in [-0.25, -0.2) is 20.0 Å². The number of fused-ring (bicyclic) bond motifs is 1. The molecule has 7 rings (SSSR count). The first kappa shape index (κ1) is 22.0. The minimum absolute atomic E-state index is 0.191. The fourth-order valence-electron chi connectivity index (χ4n) is 4.69. The van der Waals surface area contributed by atoms with Crippen LogP contribution in [0.5, 0.6) is 0 Å². The van der Waals surface area contributed by atoms with Crippen LogP contribution in [0.4, 0.5) is 5.69 Å². The van der Waals surface area contributed by atoms with Crippen molar-refractivity contribution in [1.29, 1.82) is 0 Å². The van der Waals surface area contributed by atoms with E-state index in [0.29, 0.717) is 22.6 Å². The van der Waals surface area contributed by atoms with Gasteiger partial charge >= 0.3 is 0 Å². The summed E-state index contributed by atoms with van der Waals surface area (Å²) in [5, 5.41) is 21.1. The van der Waals surface area contributed by atoms with Crippen molar-refractivity contribution < 1.29 is 9.59 Å². The molecule has 2 saturated carbocycles. The predicted octanol–water partition coefficient (Wildman–Crippen LogP) is 1.51. The standard InChI is InChI=1S/C24H27N11O2/c36-23(30-19-14-33(16-3-1-4-16)31-21(19)24(37)28-15-5-6-15)17-13-27-32-12-8-18(29-22(17)32)20-7-10-26-35(20)34-11-2-9-25-34/h7-8,10,12-16,25H,1-6,9,11H2,(H,28,37)(H,30,36). The van der Waals surface area contributed by atoms with Gasteiger partial charge in [-0.1, -0.05) is 0 Å². The lowest BCUT2D eigenvalue weighted by Gasteiger charge is -2.25. The van der Waals surface area contributed by atoms with Crippen LogP contribution in [0, 0.1) is 0 Å². The van der Waals surface area contributed by atoms with Gasteiger partial charge in [-0.05, 0) is 50.7 Å². The molecule has 2 aliphatic carbocycles. The summed E-state index contributed by atoms with van der Waals surface area (Å²) in [4.78, 5) is 32.8. The highest BCUT2D eigenvalue weighted by atomic mass is 16.2. The maximum atomic E-state index is 13.4. The lowest BCUT2D eigenvalue weighted by molar-refractivity contribution is 0.0945. The van der Waals surface area contributed by atoms with E-state index in [4.69, 9.17) is 4.98 Å². The summed E-state index contributed by atoms with van der Waals surface area (Å²) in [6.45, 7) is 1.72. The Balaban J connectivity index is 1.19. The third kappa shape index (κ3) is 4.00. The number of aromatic nitrogens is 7. The van der Waals surface area contributed by atoms with Crippen molar-refractivity contribution in [3.05, 3.63) is 48.2 Å². The molecule has 2 amide bonds. The largest absolute Gasteiger partial charge is 0.348 e. The molecule has 37 heavy (non-hydrogen) atoms. The highest BCUT2D eigenvalue weighted by Gasteiger charge is 2.30. The molecule has 13 heteroatoms. The average Bonchev–Trinajstić information content (AvgIpc) is 3.34. The van der Waals surface area contributed by atoms with Gasteiger partial charge in [0.25, 0.3) is 11.8 Å². The van der Waals surface area contributed by atoms with Gasteiger partial charge in [0.1, 0.15) is 11.3 Å². The third-order valence-electron chi connectivity index (χ3n) is 7.13. The molecular weight excluding hydrogens is 474 g/mol. The highest BCUT2D eigenvalue weighted by Crippen LogP contribution is 2.33. The van der Waals surface area contributed by atoms with E-state index in [0.717, 1.165) is 57.3 Å². The highest BCUT2D eigenvalue weighted by molar-refractivity contribution is 6.11. The lowest BCUT2D eigenvalue weighted by atomic mass is 9.93. The number of hydrogen-bond acceptors (Lipinski definition) is 8. The first-order valence-electron chi connectivity index (χ1n) is 12.8. The van der Waals surface area contributed by atoms with Gasteiger partial charge in [0.05, 0.1) is 36.4 Å². The molecule has 0 unspecified atom stereocenters. The van der Waals surface area contributed by atoms with Crippen LogP contribution < -0.4 is 21.2 Å². The van der Waals surface area contributed by atoms with Gasteiger partial charge in [0.2, 0.25) is 0 Å². The van der Waals surface area contributed by atoms with Crippen molar-refractivity contribution in [2.75, 3.05) is 23.5 Å². The average molecular weight is 502 g/mol. The molecule has 0 atom stereocenters. The molecule has 3 fully saturated rings. The quantitative estimate of drug-likeness (QED) is 0.346. The summed E-state index contributed by atoms with van der Waals surface area (Å²) in [7, 11) is 0. The number of amides is 2. The van der Waals surface area contributed by atoms with Gasteiger partial charge in [0.15, 0.2) is 11.3 Å². The third-order valence-corrected chi connectivity index (χ3v) is 7.13. The molecule has 4 aromatic heterocycles. The van der Waals surface area contributed by atoms with Gasteiger partial charge in [-0.3, -0.25) is 14.3 Å². The number of carbonyl (C=O) groups is 2. The van der Waals surface area contributed by atoms with E-state index in [1.165, 1.54) is 6.20 Å². The van der Waals surface area contributed by atoms with Gasteiger partial charge in [-0.2, -0.15) is 20.1 Å². The molecule has 1 aliphatic heterocycles. The zero-order chi connectivity index (χ0) is 24.9. The summed E-state index contributed by atoms with van der Waals surface area (Å²) < 4.78 is 3.37. The summed E-state index contributed by atoms with van der Waals surface area (Å²) in [5.74, 6) is -0.664. The Morgan fingerprint density at radius 2 is 1.95 bits per heavy atom. The maximum absolute atomic E-state index is 13.4. The zero-order valence-corrected chi connectivity index (χ0v) is 20.2. The first-order chi connectivity index (χ1) is 18.1. The lowest BCUT2D eigenvalue weighted by Crippen LogP contribution is -2.41. The van der Waals surface area contributed by atoms with E-state index < -0.39 is 5.91 Å². The Bertz CT molecular complexity index is 1490. The molecule has 0 bridgehead atoms. The fraction of sp³-hybridized carbons (Fsp3) is 0.417.